The molecule has 1 N–H and O–H groups in total. The van der Waals surface area contributed by atoms with Crippen molar-refractivity contribution in [2.24, 2.45) is 0 Å². The molecule has 0 saturated carbocycles. The number of nitrogens with one attached hydrogen (secondary N) is 1. The Morgan fingerprint density at radius 1 is 1.09 bits per heavy atom. The second-order valence-electron chi connectivity index (χ2n) is 6.13. The summed E-state index contributed by atoms with van der Waals surface area (Å²) < 4.78 is 5.69. The summed E-state index contributed by atoms with van der Waals surface area (Å²) in [4.78, 5) is 12.8. The first-order valence-electron chi connectivity index (χ1n) is 7.17. The molecule has 0 spiro atoms. The Labute approximate surface area is 137 Å². The van der Waals surface area contributed by atoms with Crippen LogP contribution < -0.4 is 10.1 Å². The molecule has 0 aliphatic heterocycles. The topological polar surface area (TPSA) is 38.3 Å². The molecule has 0 unspecified atom stereocenters. The molecule has 0 radical (unpaired) electrons. The fourth-order valence-corrected chi connectivity index (χ4v) is 2.25. The van der Waals surface area contributed by atoms with Gasteiger partial charge in [0, 0.05) is 10.6 Å². The molecule has 3 nitrogen and oxygen atoms in total. The third-order valence-electron chi connectivity index (χ3n) is 3.20. The van der Waals surface area contributed by atoms with Crippen molar-refractivity contribution < 1.29 is 9.53 Å². The van der Waals surface area contributed by atoms with E-state index in [1.807, 2.05) is 48.5 Å². The summed E-state index contributed by atoms with van der Waals surface area (Å²) in [7, 11) is 0. The van der Waals surface area contributed by atoms with E-state index in [1.165, 1.54) is 0 Å². The minimum Gasteiger partial charge on any atom is -0.483 e. The van der Waals surface area contributed by atoms with E-state index in [4.69, 9.17) is 4.74 Å². The van der Waals surface area contributed by atoms with Crippen LogP contribution in [0.4, 0.5) is 5.69 Å². The average molecular weight is 315 g/mol. The summed E-state index contributed by atoms with van der Waals surface area (Å²) in [5, 5.41) is 2.80. The molecule has 0 heterocycles. The molecule has 0 aliphatic rings. The molecule has 0 atom stereocenters. The van der Waals surface area contributed by atoms with Gasteiger partial charge in [0.15, 0.2) is 6.61 Å². The second-order valence-corrected chi connectivity index (χ2v) is 6.65. The zero-order valence-corrected chi connectivity index (χ0v) is 14.0. The normalized spacial score (nSPS) is 11.1. The van der Waals surface area contributed by atoms with Gasteiger partial charge in [0.25, 0.3) is 5.91 Å². The summed E-state index contributed by atoms with van der Waals surface area (Å²) in [6.45, 7) is 6.34. The molecule has 0 fully saturated rings. The van der Waals surface area contributed by atoms with Crippen LogP contribution in [-0.4, -0.2) is 12.5 Å². The van der Waals surface area contributed by atoms with Crippen LogP contribution >= 0.6 is 12.6 Å². The molecule has 0 saturated heterocycles. The Hall–Kier alpha value is -1.94. The van der Waals surface area contributed by atoms with Crippen molar-refractivity contribution in [3.63, 3.8) is 0 Å². The molecular formula is C18H21NO2S. The van der Waals surface area contributed by atoms with Gasteiger partial charge in [-0.15, -0.1) is 12.6 Å². The third kappa shape index (κ3) is 4.53. The quantitative estimate of drug-likeness (QED) is 0.826. The van der Waals surface area contributed by atoms with E-state index in [9.17, 15) is 4.79 Å². The van der Waals surface area contributed by atoms with Crippen molar-refractivity contribution in [3.8, 4) is 5.75 Å². The zero-order valence-electron chi connectivity index (χ0n) is 13.1. The third-order valence-corrected chi connectivity index (χ3v) is 3.50. The Kier molecular flexibility index (Phi) is 5.14. The molecule has 2 aromatic rings. The lowest BCUT2D eigenvalue weighted by Gasteiger charge is -2.22. The van der Waals surface area contributed by atoms with Crippen molar-refractivity contribution in [1.29, 1.82) is 0 Å². The summed E-state index contributed by atoms with van der Waals surface area (Å²) >= 11 is 4.21. The summed E-state index contributed by atoms with van der Waals surface area (Å²) in [6, 6.07) is 15.1. The number of carbonyl (C=O) groups excluding carboxylic acids is 1. The number of amides is 1. The molecule has 0 aromatic heterocycles. The number of hydrogen-bond acceptors (Lipinski definition) is 3. The van der Waals surface area contributed by atoms with Crippen molar-refractivity contribution in [3.05, 3.63) is 54.1 Å². The number of benzene rings is 2. The lowest BCUT2D eigenvalue weighted by molar-refractivity contribution is -0.118. The fraction of sp³-hybridized carbons (Fsp3) is 0.278. The van der Waals surface area contributed by atoms with Crippen LogP contribution in [0.25, 0.3) is 0 Å². The van der Waals surface area contributed by atoms with E-state index in [1.54, 1.807) is 0 Å². The Morgan fingerprint density at radius 3 is 2.36 bits per heavy atom. The summed E-state index contributed by atoms with van der Waals surface area (Å²) in [5.74, 6) is 0.562. The SMILES string of the molecule is CC(C)(C)c1ccccc1OCC(=O)Nc1ccc(S)cc1. The number of ether oxygens (including phenoxy) is 1. The van der Waals surface area contributed by atoms with Gasteiger partial charge in [0.1, 0.15) is 5.75 Å². The van der Waals surface area contributed by atoms with E-state index in [0.29, 0.717) is 0 Å². The van der Waals surface area contributed by atoms with E-state index >= 15 is 0 Å². The highest BCUT2D eigenvalue weighted by Crippen LogP contribution is 2.30. The van der Waals surface area contributed by atoms with Crippen LogP contribution in [-0.2, 0) is 10.2 Å². The Bertz CT molecular complexity index is 645. The van der Waals surface area contributed by atoms with E-state index in [2.05, 4.69) is 38.7 Å². The second kappa shape index (κ2) is 6.88. The summed E-state index contributed by atoms with van der Waals surface area (Å²) in [6.07, 6.45) is 0. The van der Waals surface area contributed by atoms with Crippen LogP contribution in [0.2, 0.25) is 0 Å². The lowest BCUT2D eigenvalue weighted by Crippen LogP contribution is -2.21. The van der Waals surface area contributed by atoms with Gasteiger partial charge >= 0.3 is 0 Å². The largest absolute Gasteiger partial charge is 0.483 e. The standard InChI is InChI=1S/C18H21NO2S/c1-18(2,3)15-6-4-5-7-16(15)21-12-17(20)19-13-8-10-14(22)11-9-13/h4-11,22H,12H2,1-3H3,(H,19,20). The predicted octanol–water partition coefficient (Wildman–Crippen LogP) is 4.29. The number of hydrogen-bond donors (Lipinski definition) is 2. The molecule has 0 aliphatic carbocycles. The molecule has 0 bridgehead atoms. The zero-order chi connectivity index (χ0) is 16.2. The van der Waals surface area contributed by atoms with Crippen LogP contribution in [0.5, 0.6) is 5.75 Å². The van der Waals surface area contributed by atoms with Gasteiger partial charge in [-0.2, -0.15) is 0 Å². The van der Waals surface area contributed by atoms with Gasteiger partial charge in [0.05, 0.1) is 0 Å². The maximum Gasteiger partial charge on any atom is 0.262 e. The Balaban J connectivity index is 1.98. The highest BCUT2D eigenvalue weighted by atomic mass is 32.1. The van der Waals surface area contributed by atoms with Crippen molar-refractivity contribution in [1.82, 2.24) is 0 Å². The number of anilines is 1. The monoisotopic (exact) mass is 315 g/mol. The lowest BCUT2D eigenvalue weighted by atomic mass is 9.86. The van der Waals surface area contributed by atoms with Crippen molar-refractivity contribution in [2.45, 2.75) is 31.1 Å². The fourth-order valence-electron chi connectivity index (χ4n) is 2.10. The minimum absolute atomic E-state index is 0.0181. The van der Waals surface area contributed by atoms with Crippen LogP contribution in [0.1, 0.15) is 26.3 Å². The highest BCUT2D eigenvalue weighted by molar-refractivity contribution is 7.80. The molecule has 1 amide bonds. The first-order valence-corrected chi connectivity index (χ1v) is 7.62. The number of carbonyl (C=O) groups is 1. The molecule has 22 heavy (non-hydrogen) atoms. The molecular weight excluding hydrogens is 294 g/mol. The van der Waals surface area contributed by atoms with E-state index in [-0.39, 0.29) is 17.9 Å². The van der Waals surface area contributed by atoms with Gasteiger partial charge in [-0.3, -0.25) is 4.79 Å². The van der Waals surface area contributed by atoms with Crippen molar-refractivity contribution >= 4 is 24.2 Å². The highest BCUT2D eigenvalue weighted by Gasteiger charge is 2.18. The van der Waals surface area contributed by atoms with Crippen LogP contribution in [0, 0.1) is 0 Å². The number of rotatable bonds is 4. The first kappa shape index (κ1) is 16.4. The van der Waals surface area contributed by atoms with Gasteiger partial charge in [0.2, 0.25) is 0 Å². The van der Waals surface area contributed by atoms with Gasteiger partial charge in [-0.25, -0.2) is 0 Å². The minimum atomic E-state index is -0.185. The predicted molar refractivity (Wildman–Crippen MR) is 93.0 cm³/mol. The van der Waals surface area contributed by atoms with Crippen LogP contribution in [0.15, 0.2) is 53.4 Å². The summed E-state index contributed by atoms with van der Waals surface area (Å²) in [5.41, 5.74) is 1.79. The molecule has 2 rings (SSSR count). The van der Waals surface area contributed by atoms with E-state index < -0.39 is 0 Å². The molecule has 116 valence electrons. The molecule has 4 heteroatoms. The van der Waals surface area contributed by atoms with Crippen molar-refractivity contribution in [2.75, 3.05) is 11.9 Å². The van der Waals surface area contributed by atoms with Gasteiger partial charge < -0.3 is 10.1 Å². The number of thiol groups is 1. The van der Waals surface area contributed by atoms with Gasteiger partial charge in [-0.1, -0.05) is 39.0 Å². The Morgan fingerprint density at radius 2 is 1.73 bits per heavy atom. The van der Waals surface area contributed by atoms with Gasteiger partial charge in [-0.05, 0) is 41.3 Å². The molecule has 2 aromatic carbocycles. The number of para-hydroxylation sites is 1. The average Bonchev–Trinajstić information content (AvgIpc) is 2.47. The maximum atomic E-state index is 12.0. The van der Waals surface area contributed by atoms with Crippen LogP contribution in [0.3, 0.4) is 0 Å². The smallest absolute Gasteiger partial charge is 0.262 e. The maximum absolute atomic E-state index is 12.0. The first-order chi connectivity index (χ1) is 10.4. The van der Waals surface area contributed by atoms with E-state index in [0.717, 1.165) is 21.9 Å².